The Bertz CT molecular complexity index is 1330. The second-order valence-electron chi connectivity index (χ2n) is 6.79. The fraction of sp³-hybridized carbons (Fsp3) is 0.190. The molecule has 0 aliphatic rings. The number of benzene rings is 1. The SMILES string of the molecule is Cc1sc2nc(SCC(=O)Nc3ccc(F)c(Cl)c3)n(Cc3ccco3)c(=O)c2c1C. The van der Waals surface area contributed by atoms with E-state index in [1.165, 1.54) is 34.1 Å². The van der Waals surface area contributed by atoms with E-state index < -0.39 is 5.82 Å². The second kappa shape index (κ2) is 8.86. The van der Waals surface area contributed by atoms with Gasteiger partial charge in [-0.15, -0.1) is 11.3 Å². The van der Waals surface area contributed by atoms with Crippen molar-refractivity contribution < 1.29 is 13.6 Å². The van der Waals surface area contributed by atoms with Gasteiger partial charge in [-0.25, -0.2) is 9.37 Å². The summed E-state index contributed by atoms with van der Waals surface area (Å²) in [6.45, 7) is 4.06. The first-order chi connectivity index (χ1) is 14.8. The lowest BCUT2D eigenvalue weighted by Crippen LogP contribution is -2.24. The van der Waals surface area contributed by atoms with E-state index in [1.807, 2.05) is 13.8 Å². The van der Waals surface area contributed by atoms with Crippen LogP contribution in [0.2, 0.25) is 5.02 Å². The molecule has 3 aromatic heterocycles. The number of halogens is 2. The van der Waals surface area contributed by atoms with Crippen molar-refractivity contribution in [3.63, 3.8) is 0 Å². The molecule has 4 rings (SSSR count). The Labute approximate surface area is 190 Å². The predicted octanol–water partition coefficient (Wildman–Crippen LogP) is 5.24. The van der Waals surface area contributed by atoms with Gasteiger partial charge in [-0.1, -0.05) is 23.4 Å². The quantitative estimate of drug-likeness (QED) is 0.303. The van der Waals surface area contributed by atoms with Crippen molar-refractivity contribution in [1.29, 1.82) is 0 Å². The van der Waals surface area contributed by atoms with Gasteiger partial charge in [0.05, 0.1) is 29.0 Å². The van der Waals surface area contributed by atoms with Gasteiger partial charge in [0.25, 0.3) is 5.56 Å². The van der Waals surface area contributed by atoms with E-state index in [-0.39, 0.29) is 28.8 Å². The summed E-state index contributed by atoms with van der Waals surface area (Å²) in [5.41, 5.74) is 1.13. The van der Waals surface area contributed by atoms with Crippen LogP contribution in [0.5, 0.6) is 0 Å². The normalized spacial score (nSPS) is 11.2. The largest absolute Gasteiger partial charge is 0.467 e. The summed E-state index contributed by atoms with van der Waals surface area (Å²) in [7, 11) is 0. The first kappa shape index (κ1) is 21.6. The predicted molar refractivity (Wildman–Crippen MR) is 122 cm³/mol. The molecule has 10 heteroatoms. The maximum absolute atomic E-state index is 13.3. The van der Waals surface area contributed by atoms with Crippen LogP contribution in [0.15, 0.2) is 51.0 Å². The molecule has 0 spiro atoms. The van der Waals surface area contributed by atoms with Crippen LogP contribution >= 0.6 is 34.7 Å². The third-order valence-electron chi connectivity index (χ3n) is 4.68. The molecule has 0 aliphatic carbocycles. The maximum atomic E-state index is 13.3. The van der Waals surface area contributed by atoms with E-state index in [4.69, 9.17) is 16.0 Å². The van der Waals surface area contributed by atoms with Crippen LogP contribution in [0, 0.1) is 19.7 Å². The molecule has 1 N–H and O–H groups in total. The van der Waals surface area contributed by atoms with Crippen molar-refractivity contribution in [2.24, 2.45) is 0 Å². The maximum Gasteiger partial charge on any atom is 0.263 e. The number of thioether (sulfide) groups is 1. The minimum Gasteiger partial charge on any atom is -0.467 e. The molecule has 0 bridgehead atoms. The van der Waals surface area contributed by atoms with Gasteiger partial charge < -0.3 is 9.73 Å². The number of nitrogens with zero attached hydrogens (tertiary/aromatic N) is 2. The smallest absolute Gasteiger partial charge is 0.263 e. The van der Waals surface area contributed by atoms with Crippen molar-refractivity contribution in [3.8, 4) is 0 Å². The molecule has 0 atom stereocenters. The number of aryl methyl sites for hydroxylation is 2. The number of hydrogen-bond donors (Lipinski definition) is 1. The average Bonchev–Trinajstić information content (AvgIpc) is 3.34. The molecule has 3 heterocycles. The van der Waals surface area contributed by atoms with Gasteiger partial charge in [-0.2, -0.15) is 0 Å². The van der Waals surface area contributed by atoms with Gasteiger partial charge in [0.2, 0.25) is 5.91 Å². The fourth-order valence-corrected chi connectivity index (χ4v) is 5.07. The van der Waals surface area contributed by atoms with E-state index in [0.717, 1.165) is 22.2 Å². The zero-order valence-electron chi connectivity index (χ0n) is 16.6. The van der Waals surface area contributed by atoms with E-state index >= 15 is 0 Å². The summed E-state index contributed by atoms with van der Waals surface area (Å²) in [6, 6.07) is 7.48. The van der Waals surface area contributed by atoms with Crippen molar-refractivity contribution in [2.45, 2.75) is 25.5 Å². The summed E-state index contributed by atoms with van der Waals surface area (Å²) in [5, 5.41) is 3.60. The standard InChI is InChI=1S/C21H17ClFN3O3S2/c1-11-12(2)31-19-18(11)20(28)26(9-14-4-3-7-29-14)21(25-19)30-10-17(27)24-13-5-6-16(23)15(22)8-13/h3-8H,9-10H2,1-2H3,(H,24,27). The van der Waals surface area contributed by atoms with Crippen LogP contribution in [0.3, 0.4) is 0 Å². The Balaban J connectivity index is 1.61. The average molecular weight is 478 g/mol. The van der Waals surface area contributed by atoms with Gasteiger partial charge >= 0.3 is 0 Å². The number of nitrogens with one attached hydrogen (secondary N) is 1. The second-order valence-corrected chi connectivity index (χ2v) is 9.35. The molecule has 1 aromatic carbocycles. The molecule has 160 valence electrons. The Morgan fingerprint density at radius 1 is 1.35 bits per heavy atom. The van der Waals surface area contributed by atoms with Gasteiger partial charge in [-0.05, 0) is 49.7 Å². The molecule has 0 radical (unpaired) electrons. The lowest BCUT2D eigenvalue weighted by atomic mass is 10.2. The minimum atomic E-state index is -0.560. The minimum absolute atomic E-state index is 0.00837. The number of amides is 1. The number of rotatable bonds is 6. The number of aromatic nitrogens is 2. The summed E-state index contributed by atoms with van der Waals surface area (Å²) in [6.07, 6.45) is 1.54. The summed E-state index contributed by atoms with van der Waals surface area (Å²) < 4.78 is 20.2. The van der Waals surface area contributed by atoms with Crippen LogP contribution in [-0.4, -0.2) is 21.2 Å². The molecule has 1 amide bonds. The molecule has 6 nitrogen and oxygen atoms in total. The van der Waals surface area contributed by atoms with Crippen LogP contribution < -0.4 is 10.9 Å². The molecule has 4 aromatic rings. The number of furan rings is 1. The first-order valence-electron chi connectivity index (χ1n) is 9.24. The Hall–Kier alpha value is -2.62. The summed E-state index contributed by atoms with van der Waals surface area (Å²) in [4.78, 5) is 32.0. The van der Waals surface area contributed by atoms with Crippen LogP contribution in [0.25, 0.3) is 10.2 Å². The Morgan fingerprint density at radius 2 is 2.16 bits per heavy atom. The highest BCUT2D eigenvalue weighted by atomic mass is 35.5. The number of fused-ring (bicyclic) bond motifs is 1. The molecule has 0 fully saturated rings. The van der Waals surface area contributed by atoms with Crippen LogP contribution in [-0.2, 0) is 11.3 Å². The van der Waals surface area contributed by atoms with Crippen molar-refractivity contribution in [2.75, 3.05) is 11.1 Å². The summed E-state index contributed by atoms with van der Waals surface area (Å²) >= 11 is 8.36. The Kier molecular flexibility index (Phi) is 6.17. The third kappa shape index (κ3) is 4.53. The van der Waals surface area contributed by atoms with E-state index in [2.05, 4.69) is 10.3 Å². The molecular formula is C21H17ClFN3O3S2. The molecular weight excluding hydrogens is 461 g/mol. The van der Waals surface area contributed by atoms with Gasteiger partial charge in [0.15, 0.2) is 5.16 Å². The topological polar surface area (TPSA) is 77.1 Å². The van der Waals surface area contributed by atoms with Crippen LogP contribution in [0.1, 0.15) is 16.2 Å². The van der Waals surface area contributed by atoms with Crippen molar-refractivity contribution in [3.05, 3.63) is 74.0 Å². The Morgan fingerprint density at radius 3 is 2.87 bits per heavy atom. The number of anilines is 1. The highest BCUT2D eigenvalue weighted by Gasteiger charge is 2.18. The summed E-state index contributed by atoms with van der Waals surface area (Å²) in [5.74, 6) is -0.269. The van der Waals surface area contributed by atoms with Crippen molar-refractivity contribution >= 4 is 56.5 Å². The van der Waals surface area contributed by atoms with Gasteiger partial charge in [-0.3, -0.25) is 14.2 Å². The van der Waals surface area contributed by atoms with Gasteiger partial charge in [0, 0.05) is 10.6 Å². The highest BCUT2D eigenvalue weighted by Crippen LogP contribution is 2.29. The van der Waals surface area contributed by atoms with Gasteiger partial charge in [0.1, 0.15) is 16.4 Å². The highest BCUT2D eigenvalue weighted by molar-refractivity contribution is 7.99. The van der Waals surface area contributed by atoms with E-state index in [0.29, 0.717) is 26.8 Å². The van der Waals surface area contributed by atoms with E-state index in [9.17, 15) is 14.0 Å². The monoisotopic (exact) mass is 477 g/mol. The lowest BCUT2D eigenvalue weighted by Gasteiger charge is -2.11. The number of carbonyl (C=O) groups is 1. The molecule has 0 aliphatic heterocycles. The van der Waals surface area contributed by atoms with Crippen molar-refractivity contribution in [1.82, 2.24) is 9.55 Å². The zero-order valence-corrected chi connectivity index (χ0v) is 19.0. The number of hydrogen-bond acceptors (Lipinski definition) is 6. The lowest BCUT2D eigenvalue weighted by molar-refractivity contribution is -0.113. The molecule has 0 saturated heterocycles. The van der Waals surface area contributed by atoms with Crippen LogP contribution in [0.4, 0.5) is 10.1 Å². The van der Waals surface area contributed by atoms with E-state index in [1.54, 1.807) is 18.4 Å². The third-order valence-corrected chi connectivity index (χ3v) is 7.05. The molecule has 0 unspecified atom stereocenters. The number of thiophene rings is 1. The fourth-order valence-electron chi connectivity index (χ4n) is 3.02. The number of carbonyl (C=O) groups excluding carboxylic acids is 1. The molecule has 0 saturated carbocycles. The zero-order chi connectivity index (χ0) is 22.1. The molecule has 31 heavy (non-hydrogen) atoms. The first-order valence-corrected chi connectivity index (χ1v) is 11.4.